The van der Waals surface area contributed by atoms with Crippen LogP contribution in [0.15, 0.2) is 64.8 Å². The molecule has 6 nitrogen and oxygen atoms in total. The van der Waals surface area contributed by atoms with Gasteiger partial charge in [0.15, 0.2) is 5.60 Å². The van der Waals surface area contributed by atoms with Gasteiger partial charge >= 0.3 is 5.97 Å². The van der Waals surface area contributed by atoms with Gasteiger partial charge in [-0.15, -0.1) is 0 Å². The molecule has 1 saturated carbocycles. The second kappa shape index (κ2) is 6.26. The number of azo groups is 1. The summed E-state index contributed by atoms with van der Waals surface area (Å²) in [4.78, 5) is 25.4. The third kappa shape index (κ3) is 2.55. The fourth-order valence-corrected chi connectivity index (χ4v) is 4.20. The standard InChI is InChI=1S/C22H23N3O3/c1-20(2)21(3)13-14-22(20,28-19(21)27)18(26)23-15-9-11-17(12-10-15)25-24-16-7-5-4-6-8-16/h4-12H,13-14H2,1-3H3,(H,23,26). The van der Waals surface area contributed by atoms with Crippen molar-refractivity contribution in [2.75, 3.05) is 5.32 Å². The molecule has 1 aliphatic heterocycles. The highest BCUT2D eigenvalue weighted by atomic mass is 16.6. The summed E-state index contributed by atoms with van der Waals surface area (Å²) in [6, 6.07) is 16.6. The summed E-state index contributed by atoms with van der Waals surface area (Å²) in [5, 5.41) is 11.3. The van der Waals surface area contributed by atoms with E-state index in [1.165, 1.54) is 0 Å². The Kier molecular flexibility index (Phi) is 4.10. The second-order valence-corrected chi connectivity index (χ2v) is 8.21. The van der Waals surface area contributed by atoms with Crippen LogP contribution in [0.3, 0.4) is 0 Å². The van der Waals surface area contributed by atoms with Crippen LogP contribution < -0.4 is 5.32 Å². The van der Waals surface area contributed by atoms with Gasteiger partial charge in [0.1, 0.15) is 0 Å². The highest BCUT2D eigenvalue weighted by Crippen LogP contribution is 2.65. The minimum atomic E-state index is -1.12. The van der Waals surface area contributed by atoms with E-state index in [0.29, 0.717) is 24.2 Å². The summed E-state index contributed by atoms with van der Waals surface area (Å²) < 4.78 is 5.63. The fraction of sp³-hybridized carbons (Fsp3) is 0.364. The number of nitrogens with zero attached hydrogens (tertiary/aromatic N) is 2. The molecule has 4 rings (SSSR count). The highest BCUT2D eigenvalue weighted by Gasteiger charge is 2.75. The van der Waals surface area contributed by atoms with Crippen molar-refractivity contribution in [3.63, 3.8) is 0 Å². The maximum Gasteiger partial charge on any atom is 0.313 e. The van der Waals surface area contributed by atoms with E-state index in [2.05, 4.69) is 15.5 Å². The number of fused-ring (bicyclic) bond motifs is 2. The number of nitrogens with one attached hydrogen (secondary N) is 1. The molecule has 2 atom stereocenters. The van der Waals surface area contributed by atoms with Gasteiger partial charge in [0, 0.05) is 11.1 Å². The van der Waals surface area contributed by atoms with Crippen LogP contribution in [0.2, 0.25) is 0 Å². The first-order valence-corrected chi connectivity index (χ1v) is 9.40. The van der Waals surface area contributed by atoms with Gasteiger partial charge in [0.2, 0.25) is 0 Å². The average molecular weight is 377 g/mol. The lowest BCUT2D eigenvalue weighted by Crippen LogP contribution is -2.50. The van der Waals surface area contributed by atoms with Gasteiger partial charge in [0.05, 0.1) is 16.8 Å². The highest BCUT2D eigenvalue weighted by molar-refractivity contribution is 6.03. The van der Waals surface area contributed by atoms with Gasteiger partial charge in [-0.1, -0.05) is 32.0 Å². The second-order valence-electron chi connectivity index (χ2n) is 8.21. The molecular weight excluding hydrogens is 354 g/mol. The Hall–Kier alpha value is -3.02. The SMILES string of the molecule is CC12CCC(C(=O)Nc3ccc(N=Nc4ccccc4)cc3)(OC1=O)C2(C)C. The largest absolute Gasteiger partial charge is 0.448 e. The summed E-state index contributed by atoms with van der Waals surface area (Å²) in [5.41, 5.74) is -0.221. The van der Waals surface area contributed by atoms with E-state index in [0.717, 1.165) is 5.69 Å². The molecule has 1 heterocycles. The first-order valence-electron chi connectivity index (χ1n) is 9.40. The normalized spacial score (nSPS) is 27.8. The lowest BCUT2D eigenvalue weighted by atomic mass is 9.66. The van der Waals surface area contributed by atoms with Gasteiger partial charge in [0.25, 0.3) is 5.91 Å². The van der Waals surface area contributed by atoms with Crippen molar-refractivity contribution in [2.45, 2.75) is 39.2 Å². The number of hydrogen-bond acceptors (Lipinski definition) is 5. The summed E-state index contributed by atoms with van der Waals surface area (Å²) in [6.45, 7) is 5.78. The lowest BCUT2D eigenvalue weighted by Gasteiger charge is -2.35. The van der Waals surface area contributed by atoms with Crippen molar-refractivity contribution in [3.8, 4) is 0 Å². The van der Waals surface area contributed by atoms with E-state index < -0.39 is 16.4 Å². The molecule has 0 spiro atoms. The summed E-state index contributed by atoms with van der Waals surface area (Å²) in [6.07, 6.45) is 1.20. The Bertz CT molecular complexity index is 953. The Morgan fingerprint density at radius 3 is 2.07 bits per heavy atom. The smallest absolute Gasteiger partial charge is 0.313 e. The number of carbonyl (C=O) groups excluding carboxylic acids is 2. The predicted octanol–water partition coefficient (Wildman–Crippen LogP) is 5.16. The van der Waals surface area contributed by atoms with Crippen molar-refractivity contribution < 1.29 is 14.3 Å². The monoisotopic (exact) mass is 377 g/mol. The molecule has 144 valence electrons. The molecule has 2 aromatic carbocycles. The number of benzene rings is 2. The molecule has 1 amide bonds. The van der Waals surface area contributed by atoms with Crippen LogP contribution in [0.4, 0.5) is 17.1 Å². The summed E-state index contributed by atoms with van der Waals surface area (Å²) in [5.74, 6) is -0.554. The van der Waals surface area contributed by atoms with Crippen molar-refractivity contribution >= 4 is 28.9 Å². The van der Waals surface area contributed by atoms with Crippen LogP contribution in [-0.2, 0) is 14.3 Å². The van der Waals surface area contributed by atoms with Crippen LogP contribution in [-0.4, -0.2) is 17.5 Å². The molecule has 1 N–H and O–H groups in total. The number of amides is 1. The van der Waals surface area contributed by atoms with E-state index in [1.54, 1.807) is 24.3 Å². The number of hydrogen-bond donors (Lipinski definition) is 1. The average Bonchev–Trinajstić information content (AvgIpc) is 2.99. The molecule has 1 saturated heterocycles. The van der Waals surface area contributed by atoms with Crippen LogP contribution in [0.1, 0.15) is 33.6 Å². The van der Waals surface area contributed by atoms with E-state index in [9.17, 15) is 9.59 Å². The third-order valence-corrected chi connectivity index (χ3v) is 6.61. The number of anilines is 1. The Morgan fingerprint density at radius 1 is 0.929 bits per heavy atom. The summed E-state index contributed by atoms with van der Waals surface area (Å²) in [7, 11) is 0. The first-order chi connectivity index (χ1) is 13.3. The third-order valence-electron chi connectivity index (χ3n) is 6.61. The van der Waals surface area contributed by atoms with E-state index in [-0.39, 0.29) is 11.9 Å². The lowest BCUT2D eigenvalue weighted by molar-refractivity contribution is -0.165. The Labute approximate surface area is 164 Å². The molecule has 6 heteroatoms. The molecule has 28 heavy (non-hydrogen) atoms. The maximum atomic E-state index is 13.1. The van der Waals surface area contributed by atoms with Gasteiger partial charge in [-0.25, -0.2) is 0 Å². The van der Waals surface area contributed by atoms with Gasteiger partial charge in [-0.3, -0.25) is 9.59 Å². The van der Waals surface area contributed by atoms with Crippen molar-refractivity contribution in [1.82, 2.24) is 0 Å². The molecule has 2 unspecified atom stereocenters. The zero-order chi connectivity index (χ0) is 20.0. The first kappa shape index (κ1) is 18.3. The minimum absolute atomic E-state index is 0.272. The van der Waals surface area contributed by atoms with Crippen molar-refractivity contribution in [3.05, 3.63) is 54.6 Å². The predicted molar refractivity (Wildman–Crippen MR) is 106 cm³/mol. The molecule has 2 aliphatic rings. The molecule has 2 fully saturated rings. The zero-order valence-electron chi connectivity index (χ0n) is 16.2. The number of carbonyl (C=O) groups is 2. The van der Waals surface area contributed by atoms with Crippen molar-refractivity contribution in [1.29, 1.82) is 0 Å². The van der Waals surface area contributed by atoms with Crippen LogP contribution in [0.25, 0.3) is 0 Å². The molecule has 1 aliphatic carbocycles. The zero-order valence-corrected chi connectivity index (χ0v) is 16.2. The number of rotatable bonds is 4. The van der Waals surface area contributed by atoms with Crippen LogP contribution in [0, 0.1) is 10.8 Å². The van der Waals surface area contributed by atoms with Gasteiger partial charge in [-0.2, -0.15) is 10.2 Å². The van der Waals surface area contributed by atoms with Gasteiger partial charge < -0.3 is 10.1 Å². The molecule has 2 bridgehead atoms. The number of ether oxygens (including phenoxy) is 1. The van der Waals surface area contributed by atoms with Crippen LogP contribution >= 0.6 is 0 Å². The number of esters is 1. The van der Waals surface area contributed by atoms with Crippen molar-refractivity contribution in [2.24, 2.45) is 21.1 Å². The van der Waals surface area contributed by atoms with E-state index in [1.807, 2.05) is 51.1 Å². The molecule has 2 aromatic rings. The molecule has 0 radical (unpaired) electrons. The maximum absolute atomic E-state index is 13.1. The Balaban J connectivity index is 1.49. The minimum Gasteiger partial charge on any atom is -0.448 e. The van der Waals surface area contributed by atoms with Crippen LogP contribution in [0.5, 0.6) is 0 Å². The molecular formula is C22H23N3O3. The fourth-order valence-electron chi connectivity index (χ4n) is 4.20. The van der Waals surface area contributed by atoms with E-state index >= 15 is 0 Å². The molecule has 0 aromatic heterocycles. The van der Waals surface area contributed by atoms with Gasteiger partial charge in [-0.05, 0) is 56.2 Å². The summed E-state index contributed by atoms with van der Waals surface area (Å²) >= 11 is 0. The van der Waals surface area contributed by atoms with E-state index in [4.69, 9.17) is 4.74 Å². The topological polar surface area (TPSA) is 80.1 Å². The Morgan fingerprint density at radius 2 is 1.54 bits per heavy atom. The quantitative estimate of drug-likeness (QED) is 0.590.